The molecular formula is C18H20BrN5O2. The molecule has 0 fully saturated rings. The lowest BCUT2D eigenvalue weighted by molar-refractivity contribution is 0.0949. The fourth-order valence-electron chi connectivity index (χ4n) is 2.42. The summed E-state index contributed by atoms with van der Waals surface area (Å²) >= 11 is 3.54. The zero-order valence-electron chi connectivity index (χ0n) is 15.1. The molecule has 1 N–H and O–H groups in total. The maximum atomic E-state index is 12.1. The van der Waals surface area contributed by atoms with Gasteiger partial charge in [0, 0.05) is 19.0 Å². The molecule has 3 aromatic rings. The molecule has 0 radical (unpaired) electrons. The Morgan fingerprint density at radius 3 is 2.50 bits per heavy atom. The number of carbonyl (C=O) groups excluding carboxylic acids is 1. The molecule has 0 bridgehead atoms. The van der Waals surface area contributed by atoms with Crippen LogP contribution < -0.4 is 5.32 Å². The normalized spacial score (nSPS) is 11.2. The van der Waals surface area contributed by atoms with E-state index in [9.17, 15) is 4.79 Å². The molecule has 0 saturated heterocycles. The van der Waals surface area contributed by atoms with E-state index >= 15 is 0 Å². The van der Waals surface area contributed by atoms with Gasteiger partial charge in [-0.2, -0.15) is 5.10 Å². The van der Waals surface area contributed by atoms with E-state index in [1.54, 1.807) is 23.7 Å². The van der Waals surface area contributed by atoms with Crippen molar-refractivity contribution in [1.29, 1.82) is 0 Å². The van der Waals surface area contributed by atoms with Crippen molar-refractivity contribution in [3.8, 4) is 17.3 Å². The molecule has 0 aliphatic heterocycles. The molecule has 0 aliphatic rings. The number of hydrogen-bond acceptors (Lipinski definition) is 5. The zero-order chi connectivity index (χ0) is 18.8. The van der Waals surface area contributed by atoms with Gasteiger partial charge in [0.25, 0.3) is 11.8 Å². The highest BCUT2D eigenvalue weighted by Gasteiger charge is 2.19. The summed E-state index contributed by atoms with van der Waals surface area (Å²) in [6.07, 6.45) is 0. The smallest absolute Gasteiger partial charge is 0.269 e. The lowest BCUT2D eigenvalue weighted by Crippen LogP contribution is -2.27. The van der Waals surface area contributed by atoms with Crippen LogP contribution in [0.1, 0.15) is 35.8 Å². The van der Waals surface area contributed by atoms with E-state index in [-0.39, 0.29) is 5.91 Å². The number of nitrogens with zero attached hydrogens (tertiary/aromatic N) is 4. The zero-order valence-corrected chi connectivity index (χ0v) is 16.7. The monoisotopic (exact) mass is 417 g/mol. The molecule has 2 aromatic heterocycles. The number of benzene rings is 1. The quantitative estimate of drug-likeness (QED) is 0.683. The van der Waals surface area contributed by atoms with Crippen LogP contribution in [0.3, 0.4) is 0 Å². The Labute approximate surface area is 159 Å². The first-order valence-corrected chi connectivity index (χ1v) is 9.10. The number of halogens is 1. The van der Waals surface area contributed by atoms with Crippen LogP contribution in [0.5, 0.6) is 0 Å². The summed E-state index contributed by atoms with van der Waals surface area (Å²) in [5, 5.41) is 15.3. The molecule has 8 heteroatoms. The second-order valence-electron chi connectivity index (χ2n) is 6.44. The number of nitrogens with one attached hydrogen (secondary N) is 1. The summed E-state index contributed by atoms with van der Waals surface area (Å²) in [5.74, 6) is 1.18. The molecule has 1 amide bonds. The maximum absolute atomic E-state index is 12.1. The SMILES string of the molecule is Cc1nnc(-c2nn(-c3ccc(C(=O)NCC(C)C)cc3)c(C)c2Br)o1. The Kier molecular flexibility index (Phi) is 5.22. The first kappa shape index (κ1) is 18.3. The van der Waals surface area contributed by atoms with Gasteiger partial charge in [-0.1, -0.05) is 13.8 Å². The molecule has 2 heterocycles. The number of rotatable bonds is 5. The summed E-state index contributed by atoms with van der Waals surface area (Å²) in [6.45, 7) is 8.44. The second kappa shape index (κ2) is 7.41. The van der Waals surface area contributed by atoms with Gasteiger partial charge >= 0.3 is 0 Å². The van der Waals surface area contributed by atoms with Gasteiger partial charge in [0.05, 0.1) is 15.9 Å². The predicted molar refractivity (Wildman–Crippen MR) is 101 cm³/mol. The van der Waals surface area contributed by atoms with Crippen LogP contribution in [0.25, 0.3) is 17.3 Å². The van der Waals surface area contributed by atoms with Crippen LogP contribution in [0.15, 0.2) is 33.2 Å². The van der Waals surface area contributed by atoms with Crippen molar-refractivity contribution in [1.82, 2.24) is 25.3 Å². The molecule has 0 unspecified atom stereocenters. The van der Waals surface area contributed by atoms with Gasteiger partial charge in [0.1, 0.15) is 0 Å². The maximum Gasteiger partial charge on any atom is 0.269 e. The summed E-state index contributed by atoms with van der Waals surface area (Å²) < 4.78 is 8.03. The van der Waals surface area contributed by atoms with E-state index in [0.717, 1.165) is 15.9 Å². The predicted octanol–water partition coefficient (Wildman–Crippen LogP) is 3.69. The molecule has 0 saturated carbocycles. The molecule has 0 atom stereocenters. The number of carbonyl (C=O) groups is 1. The largest absolute Gasteiger partial charge is 0.420 e. The fourth-order valence-corrected chi connectivity index (χ4v) is 2.83. The number of aromatic nitrogens is 4. The minimum Gasteiger partial charge on any atom is -0.420 e. The van der Waals surface area contributed by atoms with E-state index in [1.165, 1.54) is 0 Å². The first-order chi connectivity index (χ1) is 12.4. The number of hydrogen-bond donors (Lipinski definition) is 1. The van der Waals surface area contributed by atoms with E-state index in [1.807, 2.05) is 19.1 Å². The standard InChI is InChI=1S/C18H20BrN5O2/c1-10(2)9-20-17(25)13-5-7-14(8-6-13)24-11(3)15(19)16(23-24)18-22-21-12(4)26-18/h5-8,10H,9H2,1-4H3,(H,20,25). The molecule has 136 valence electrons. The average Bonchev–Trinajstić information content (AvgIpc) is 3.17. The van der Waals surface area contributed by atoms with Crippen molar-refractivity contribution in [2.45, 2.75) is 27.7 Å². The van der Waals surface area contributed by atoms with E-state index in [2.05, 4.69) is 50.4 Å². The highest BCUT2D eigenvalue weighted by molar-refractivity contribution is 9.10. The number of aryl methyl sites for hydroxylation is 1. The van der Waals surface area contributed by atoms with Crippen molar-refractivity contribution in [2.75, 3.05) is 6.54 Å². The van der Waals surface area contributed by atoms with E-state index in [4.69, 9.17) is 4.42 Å². The van der Waals surface area contributed by atoms with Crippen molar-refractivity contribution >= 4 is 21.8 Å². The lowest BCUT2D eigenvalue weighted by Gasteiger charge is -2.09. The highest BCUT2D eigenvalue weighted by atomic mass is 79.9. The van der Waals surface area contributed by atoms with Crippen LogP contribution in [0.4, 0.5) is 0 Å². The first-order valence-electron chi connectivity index (χ1n) is 8.31. The molecule has 26 heavy (non-hydrogen) atoms. The average molecular weight is 418 g/mol. The van der Waals surface area contributed by atoms with Crippen molar-refractivity contribution in [2.24, 2.45) is 5.92 Å². The summed E-state index contributed by atoms with van der Waals surface area (Å²) in [7, 11) is 0. The summed E-state index contributed by atoms with van der Waals surface area (Å²) in [5.41, 5.74) is 2.94. The van der Waals surface area contributed by atoms with Crippen LogP contribution in [0.2, 0.25) is 0 Å². The van der Waals surface area contributed by atoms with Crippen LogP contribution >= 0.6 is 15.9 Å². The summed E-state index contributed by atoms with van der Waals surface area (Å²) in [6, 6.07) is 7.30. The highest BCUT2D eigenvalue weighted by Crippen LogP contribution is 2.30. The van der Waals surface area contributed by atoms with Crippen molar-refractivity contribution in [3.63, 3.8) is 0 Å². The molecular weight excluding hydrogens is 398 g/mol. The third-order valence-electron chi connectivity index (χ3n) is 3.82. The van der Waals surface area contributed by atoms with Crippen LogP contribution in [-0.4, -0.2) is 32.4 Å². The van der Waals surface area contributed by atoms with Crippen LogP contribution in [0, 0.1) is 19.8 Å². The van der Waals surface area contributed by atoms with Crippen molar-refractivity contribution in [3.05, 3.63) is 45.9 Å². The molecule has 1 aromatic carbocycles. The molecule has 3 rings (SSSR count). The van der Waals surface area contributed by atoms with Gasteiger partial charge in [-0.25, -0.2) is 4.68 Å². The van der Waals surface area contributed by atoms with Gasteiger partial charge in [0.2, 0.25) is 5.89 Å². The van der Waals surface area contributed by atoms with E-state index in [0.29, 0.717) is 35.5 Å². The van der Waals surface area contributed by atoms with Crippen molar-refractivity contribution < 1.29 is 9.21 Å². The van der Waals surface area contributed by atoms with Gasteiger partial charge in [-0.15, -0.1) is 10.2 Å². The van der Waals surface area contributed by atoms with Gasteiger partial charge in [-0.05, 0) is 53.0 Å². The van der Waals surface area contributed by atoms with Gasteiger partial charge in [-0.3, -0.25) is 4.79 Å². The third kappa shape index (κ3) is 3.70. The number of amides is 1. The Bertz CT molecular complexity index is 928. The molecule has 0 spiro atoms. The van der Waals surface area contributed by atoms with Crippen LogP contribution in [-0.2, 0) is 0 Å². The van der Waals surface area contributed by atoms with Gasteiger partial charge < -0.3 is 9.73 Å². The Hall–Kier alpha value is -2.48. The Morgan fingerprint density at radius 1 is 1.23 bits per heavy atom. The van der Waals surface area contributed by atoms with Gasteiger partial charge in [0.15, 0.2) is 5.69 Å². The summed E-state index contributed by atoms with van der Waals surface area (Å²) in [4.78, 5) is 12.1. The minimum absolute atomic E-state index is 0.0781. The Balaban J connectivity index is 1.87. The third-order valence-corrected chi connectivity index (χ3v) is 4.77. The minimum atomic E-state index is -0.0781. The second-order valence-corrected chi connectivity index (χ2v) is 7.23. The molecule has 0 aliphatic carbocycles. The molecule has 7 nitrogen and oxygen atoms in total. The lowest BCUT2D eigenvalue weighted by atomic mass is 10.1. The van der Waals surface area contributed by atoms with E-state index < -0.39 is 0 Å². The fraction of sp³-hybridized carbons (Fsp3) is 0.333. The topological polar surface area (TPSA) is 85.8 Å². The Morgan fingerprint density at radius 2 is 1.92 bits per heavy atom.